The number of piperidine rings is 1. The van der Waals surface area contributed by atoms with E-state index in [2.05, 4.69) is 24.4 Å². The van der Waals surface area contributed by atoms with Crippen molar-refractivity contribution >= 4 is 11.6 Å². The van der Waals surface area contributed by atoms with Gasteiger partial charge in [0.05, 0.1) is 12.6 Å². The van der Waals surface area contributed by atoms with E-state index < -0.39 is 0 Å². The number of quaternary nitrogens is 1. The smallest absolute Gasteiger partial charge is 0.279 e. The van der Waals surface area contributed by atoms with E-state index in [0.29, 0.717) is 6.54 Å². The van der Waals surface area contributed by atoms with Crippen LogP contribution in [0.15, 0.2) is 24.3 Å². The fourth-order valence-electron chi connectivity index (χ4n) is 4.32. The molecular weight excluding hydrogens is 272 g/mol. The van der Waals surface area contributed by atoms with E-state index in [1.807, 2.05) is 12.1 Å². The molecule has 3 rings (SSSR count). The van der Waals surface area contributed by atoms with E-state index in [1.165, 1.54) is 55.5 Å². The second kappa shape index (κ2) is 7.28. The molecule has 1 saturated heterocycles. The van der Waals surface area contributed by atoms with E-state index >= 15 is 0 Å². The first-order valence-corrected chi connectivity index (χ1v) is 8.99. The molecule has 2 fully saturated rings. The molecule has 0 radical (unpaired) electrons. The van der Waals surface area contributed by atoms with E-state index in [0.717, 1.165) is 24.1 Å². The summed E-state index contributed by atoms with van der Waals surface area (Å²) in [6.45, 7) is 3.95. The third kappa shape index (κ3) is 3.70. The molecule has 0 aromatic heterocycles. The average molecular weight is 301 g/mol. The third-order valence-electron chi connectivity index (χ3n) is 5.54. The number of amides is 1. The molecule has 22 heavy (non-hydrogen) atoms. The Morgan fingerprint density at radius 3 is 2.64 bits per heavy atom. The van der Waals surface area contributed by atoms with Crippen LogP contribution in [0.25, 0.3) is 0 Å². The first-order chi connectivity index (χ1) is 10.8. The maximum Gasteiger partial charge on any atom is 0.279 e. The normalized spacial score (nSPS) is 28.0. The van der Waals surface area contributed by atoms with Crippen molar-refractivity contribution in [2.45, 2.75) is 57.9 Å². The number of carbonyl (C=O) groups is 1. The van der Waals surface area contributed by atoms with Gasteiger partial charge in [-0.15, -0.1) is 0 Å². The topological polar surface area (TPSA) is 33.5 Å². The summed E-state index contributed by atoms with van der Waals surface area (Å²) in [4.78, 5) is 13.9. The van der Waals surface area contributed by atoms with Crippen LogP contribution in [-0.4, -0.2) is 25.0 Å². The van der Waals surface area contributed by atoms with Gasteiger partial charge in [-0.25, -0.2) is 0 Å². The van der Waals surface area contributed by atoms with Crippen LogP contribution in [0.3, 0.4) is 0 Å². The molecule has 1 aliphatic carbocycles. The second-order valence-corrected chi connectivity index (χ2v) is 6.98. The number of hydrogen-bond acceptors (Lipinski definition) is 1. The molecule has 1 heterocycles. The van der Waals surface area contributed by atoms with Gasteiger partial charge >= 0.3 is 0 Å². The molecule has 1 saturated carbocycles. The largest absolute Gasteiger partial charge is 0.324 e. The molecule has 1 aromatic carbocycles. The van der Waals surface area contributed by atoms with Crippen molar-refractivity contribution in [1.29, 1.82) is 0 Å². The van der Waals surface area contributed by atoms with Crippen LogP contribution in [-0.2, 0) is 11.2 Å². The van der Waals surface area contributed by atoms with Crippen LogP contribution in [0.2, 0.25) is 0 Å². The highest BCUT2D eigenvalue weighted by Gasteiger charge is 2.37. The Balaban J connectivity index is 1.56. The molecule has 120 valence electrons. The molecule has 1 aromatic rings. The molecule has 1 amide bonds. The average Bonchev–Trinajstić information content (AvgIpc) is 2.56. The molecule has 3 nitrogen and oxygen atoms in total. The second-order valence-electron chi connectivity index (χ2n) is 6.98. The Morgan fingerprint density at radius 1 is 1.14 bits per heavy atom. The van der Waals surface area contributed by atoms with Gasteiger partial charge in [0.1, 0.15) is 0 Å². The predicted molar refractivity (Wildman–Crippen MR) is 90.1 cm³/mol. The summed E-state index contributed by atoms with van der Waals surface area (Å²) in [5, 5.41) is 3.08. The van der Waals surface area contributed by atoms with Crippen molar-refractivity contribution in [3.05, 3.63) is 29.8 Å². The van der Waals surface area contributed by atoms with Crippen molar-refractivity contribution in [3.8, 4) is 0 Å². The number of rotatable bonds is 4. The first-order valence-electron chi connectivity index (χ1n) is 8.99. The maximum absolute atomic E-state index is 12.4. The number of nitrogens with one attached hydrogen (secondary N) is 2. The Morgan fingerprint density at radius 2 is 1.86 bits per heavy atom. The summed E-state index contributed by atoms with van der Waals surface area (Å²) in [6, 6.07) is 8.97. The van der Waals surface area contributed by atoms with Crippen molar-refractivity contribution < 1.29 is 9.69 Å². The zero-order chi connectivity index (χ0) is 15.4. The zero-order valence-corrected chi connectivity index (χ0v) is 13.7. The molecular formula is C19H29N2O+. The lowest BCUT2D eigenvalue weighted by Gasteiger charge is -2.40. The number of anilines is 1. The van der Waals surface area contributed by atoms with Gasteiger partial charge < -0.3 is 10.2 Å². The van der Waals surface area contributed by atoms with E-state index in [-0.39, 0.29) is 5.91 Å². The third-order valence-corrected chi connectivity index (χ3v) is 5.54. The molecule has 3 heteroatoms. The van der Waals surface area contributed by atoms with Crippen LogP contribution in [0.5, 0.6) is 0 Å². The maximum atomic E-state index is 12.4. The van der Waals surface area contributed by atoms with Crippen molar-refractivity contribution in [2.24, 2.45) is 5.92 Å². The highest BCUT2D eigenvalue weighted by atomic mass is 16.2. The molecule has 2 aliphatic rings. The van der Waals surface area contributed by atoms with Crippen LogP contribution in [0.4, 0.5) is 5.69 Å². The fourth-order valence-corrected chi connectivity index (χ4v) is 4.32. The lowest BCUT2D eigenvalue weighted by molar-refractivity contribution is -0.928. The summed E-state index contributed by atoms with van der Waals surface area (Å²) >= 11 is 0. The SMILES string of the molecule is CCc1ccc(NC(=O)C[NH+]2CCC[C@H]3CCCC[C@@H]32)cc1. The number of benzene rings is 1. The minimum Gasteiger partial charge on any atom is -0.324 e. The number of likely N-dealkylation sites (tertiary alicyclic amines) is 1. The molecule has 0 spiro atoms. The van der Waals surface area contributed by atoms with E-state index in [4.69, 9.17) is 0 Å². The number of aryl methyl sites for hydroxylation is 1. The highest BCUT2D eigenvalue weighted by Crippen LogP contribution is 2.28. The Kier molecular flexibility index (Phi) is 5.14. The van der Waals surface area contributed by atoms with Crippen LogP contribution < -0.4 is 10.2 Å². The van der Waals surface area contributed by atoms with Gasteiger partial charge in [0, 0.05) is 11.6 Å². The van der Waals surface area contributed by atoms with Gasteiger partial charge in [-0.1, -0.05) is 25.5 Å². The first kappa shape index (κ1) is 15.5. The van der Waals surface area contributed by atoms with Crippen molar-refractivity contribution in [2.75, 3.05) is 18.4 Å². The Hall–Kier alpha value is -1.35. The van der Waals surface area contributed by atoms with E-state index in [1.54, 1.807) is 0 Å². The quantitative estimate of drug-likeness (QED) is 0.880. The molecule has 2 N–H and O–H groups in total. The summed E-state index contributed by atoms with van der Waals surface area (Å²) < 4.78 is 0. The van der Waals surface area contributed by atoms with Crippen LogP contribution >= 0.6 is 0 Å². The van der Waals surface area contributed by atoms with Gasteiger partial charge in [0.2, 0.25) is 0 Å². The van der Waals surface area contributed by atoms with Crippen LogP contribution in [0, 0.1) is 5.92 Å². The molecule has 1 unspecified atom stereocenters. The lowest BCUT2D eigenvalue weighted by Crippen LogP contribution is -3.18. The standard InChI is InChI=1S/C19H28N2O/c1-2-15-9-11-17(12-10-15)20-19(22)14-21-13-5-7-16-6-3-4-8-18(16)21/h9-12,16,18H,2-8,13-14H2,1H3,(H,20,22)/p+1/t16-,18+/m1/s1. The minimum atomic E-state index is 0.172. The van der Waals surface area contributed by atoms with Crippen molar-refractivity contribution in [3.63, 3.8) is 0 Å². The monoisotopic (exact) mass is 301 g/mol. The Labute approximate surface area is 134 Å². The van der Waals surface area contributed by atoms with Gasteiger partial charge in [0.25, 0.3) is 5.91 Å². The fraction of sp³-hybridized carbons (Fsp3) is 0.632. The Bertz CT molecular complexity index is 495. The number of hydrogen-bond donors (Lipinski definition) is 2. The number of fused-ring (bicyclic) bond motifs is 1. The van der Waals surface area contributed by atoms with E-state index in [9.17, 15) is 4.79 Å². The summed E-state index contributed by atoms with van der Waals surface area (Å²) in [5.74, 6) is 1.04. The van der Waals surface area contributed by atoms with Gasteiger partial charge in [-0.2, -0.15) is 0 Å². The summed E-state index contributed by atoms with van der Waals surface area (Å²) in [5.41, 5.74) is 2.24. The minimum absolute atomic E-state index is 0.172. The molecule has 1 aliphatic heterocycles. The van der Waals surface area contributed by atoms with Crippen molar-refractivity contribution in [1.82, 2.24) is 0 Å². The number of carbonyl (C=O) groups excluding carboxylic acids is 1. The van der Waals surface area contributed by atoms with Gasteiger partial charge in [-0.3, -0.25) is 4.79 Å². The van der Waals surface area contributed by atoms with Gasteiger partial charge in [0.15, 0.2) is 6.54 Å². The zero-order valence-electron chi connectivity index (χ0n) is 13.7. The summed E-state index contributed by atoms with van der Waals surface area (Å²) in [6.07, 6.45) is 9.15. The molecule has 3 atom stereocenters. The molecule has 0 bridgehead atoms. The highest BCUT2D eigenvalue weighted by molar-refractivity contribution is 5.91. The summed E-state index contributed by atoms with van der Waals surface area (Å²) in [7, 11) is 0. The predicted octanol–water partition coefficient (Wildman–Crippen LogP) is 2.42. The van der Waals surface area contributed by atoms with Crippen LogP contribution in [0.1, 0.15) is 51.0 Å². The van der Waals surface area contributed by atoms with Gasteiger partial charge in [-0.05, 0) is 56.2 Å². The lowest BCUT2D eigenvalue weighted by atomic mass is 9.78.